The highest BCUT2D eigenvalue weighted by Gasteiger charge is 2.20. The zero-order valence-corrected chi connectivity index (χ0v) is 12.7. The first-order valence-corrected chi connectivity index (χ1v) is 6.76. The van der Waals surface area contributed by atoms with Gasteiger partial charge in [0.1, 0.15) is 0 Å². The maximum absolute atomic E-state index is 12.1. The van der Waals surface area contributed by atoms with Gasteiger partial charge in [-0.05, 0) is 26.1 Å². The third-order valence-corrected chi connectivity index (χ3v) is 3.36. The van der Waals surface area contributed by atoms with Crippen molar-refractivity contribution in [3.8, 4) is 0 Å². The molecule has 0 aliphatic rings. The first-order valence-electron chi connectivity index (χ1n) is 6.38. The number of hydrogen-bond donors (Lipinski definition) is 2. The smallest absolute Gasteiger partial charge is 0.241 e. The van der Waals surface area contributed by atoms with Gasteiger partial charge in [-0.25, -0.2) is 0 Å². The normalized spacial score (nSPS) is 14.1. The third-order valence-electron chi connectivity index (χ3n) is 3.03. The van der Waals surface area contributed by atoms with Crippen LogP contribution >= 0.6 is 11.6 Å². The van der Waals surface area contributed by atoms with Crippen LogP contribution in [0.1, 0.15) is 6.92 Å². The molecule has 0 spiro atoms. The quantitative estimate of drug-likeness (QED) is 0.803. The Morgan fingerprint density at radius 3 is 2.75 bits per heavy atom. The molecule has 0 aromatic heterocycles. The number of halogens is 1. The second kappa shape index (κ2) is 8.21. The van der Waals surface area contributed by atoms with Gasteiger partial charge in [-0.3, -0.25) is 9.69 Å². The van der Waals surface area contributed by atoms with Crippen molar-refractivity contribution in [1.82, 2.24) is 4.90 Å². The molecule has 0 aliphatic carbocycles. The van der Waals surface area contributed by atoms with E-state index in [4.69, 9.17) is 16.3 Å². The van der Waals surface area contributed by atoms with Gasteiger partial charge in [0.05, 0.1) is 29.5 Å². The Kier molecular flexibility index (Phi) is 6.95. The summed E-state index contributed by atoms with van der Waals surface area (Å²) in [7, 11) is 3.30. The predicted molar refractivity (Wildman–Crippen MR) is 80.1 cm³/mol. The standard InChI is InChI=1S/C14H21ClN2O3/c1-10(17(2)8-11(18)9-20-3)14(19)16-13-7-5-4-6-12(13)15/h4-7,10-11,18H,8-9H2,1-3H3,(H,16,19)/t10-,11+/m1/s1. The van der Waals surface area contributed by atoms with E-state index in [0.717, 1.165) is 0 Å². The van der Waals surface area contributed by atoms with Crippen LogP contribution < -0.4 is 5.32 Å². The Balaban J connectivity index is 2.56. The SMILES string of the molecule is COC[C@@H](O)CN(C)[C@H](C)C(=O)Nc1ccccc1Cl. The maximum Gasteiger partial charge on any atom is 0.241 e. The van der Waals surface area contributed by atoms with E-state index in [1.807, 2.05) is 0 Å². The molecular formula is C14H21ClN2O3. The van der Waals surface area contributed by atoms with E-state index in [9.17, 15) is 9.90 Å². The second-order valence-electron chi connectivity index (χ2n) is 4.69. The number of carbonyl (C=O) groups is 1. The average Bonchev–Trinajstić information content (AvgIpc) is 2.40. The molecule has 0 heterocycles. The highest BCUT2D eigenvalue weighted by molar-refractivity contribution is 6.33. The molecule has 0 aliphatic heterocycles. The van der Waals surface area contributed by atoms with Gasteiger partial charge < -0.3 is 15.2 Å². The molecule has 20 heavy (non-hydrogen) atoms. The number of aliphatic hydroxyl groups excluding tert-OH is 1. The molecule has 1 aromatic rings. The number of carbonyl (C=O) groups excluding carboxylic acids is 1. The third kappa shape index (κ3) is 5.09. The van der Waals surface area contributed by atoms with E-state index >= 15 is 0 Å². The minimum absolute atomic E-state index is 0.176. The summed E-state index contributed by atoms with van der Waals surface area (Å²) >= 11 is 5.99. The van der Waals surface area contributed by atoms with E-state index in [1.165, 1.54) is 7.11 Å². The fourth-order valence-electron chi connectivity index (χ4n) is 1.74. The zero-order chi connectivity index (χ0) is 15.1. The lowest BCUT2D eigenvalue weighted by molar-refractivity contribution is -0.120. The van der Waals surface area contributed by atoms with Crippen molar-refractivity contribution in [2.24, 2.45) is 0 Å². The molecule has 6 heteroatoms. The molecule has 1 aromatic carbocycles. The number of ether oxygens (including phenoxy) is 1. The Morgan fingerprint density at radius 1 is 1.50 bits per heavy atom. The van der Waals surface area contributed by atoms with Crippen molar-refractivity contribution in [2.45, 2.75) is 19.1 Å². The number of likely N-dealkylation sites (N-methyl/N-ethyl adjacent to an activating group) is 1. The molecule has 0 unspecified atom stereocenters. The number of amides is 1. The lowest BCUT2D eigenvalue weighted by atomic mass is 10.2. The minimum atomic E-state index is -0.624. The van der Waals surface area contributed by atoms with Crippen molar-refractivity contribution >= 4 is 23.2 Å². The van der Waals surface area contributed by atoms with E-state index in [1.54, 1.807) is 43.1 Å². The van der Waals surface area contributed by atoms with Crippen LogP contribution in [-0.4, -0.2) is 55.4 Å². The van der Waals surface area contributed by atoms with Crippen LogP contribution in [0.3, 0.4) is 0 Å². The van der Waals surface area contributed by atoms with Crippen LogP contribution in [-0.2, 0) is 9.53 Å². The van der Waals surface area contributed by atoms with Crippen LogP contribution in [0.15, 0.2) is 24.3 Å². The first-order chi connectivity index (χ1) is 9.45. The summed E-state index contributed by atoms with van der Waals surface area (Å²) in [6.45, 7) is 2.36. The summed E-state index contributed by atoms with van der Waals surface area (Å²) in [5, 5.41) is 12.9. The van der Waals surface area contributed by atoms with E-state index in [-0.39, 0.29) is 12.5 Å². The Morgan fingerprint density at radius 2 is 2.15 bits per heavy atom. The van der Waals surface area contributed by atoms with Crippen LogP contribution in [0.4, 0.5) is 5.69 Å². The monoisotopic (exact) mass is 300 g/mol. The number of anilines is 1. The molecular weight excluding hydrogens is 280 g/mol. The lowest BCUT2D eigenvalue weighted by Gasteiger charge is -2.26. The molecule has 2 N–H and O–H groups in total. The van der Waals surface area contributed by atoms with Gasteiger partial charge in [-0.1, -0.05) is 23.7 Å². The van der Waals surface area contributed by atoms with Gasteiger partial charge >= 0.3 is 0 Å². The van der Waals surface area contributed by atoms with Crippen molar-refractivity contribution < 1.29 is 14.6 Å². The van der Waals surface area contributed by atoms with Crippen LogP contribution in [0.25, 0.3) is 0 Å². The van der Waals surface area contributed by atoms with E-state index in [0.29, 0.717) is 17.3 Å². The topological polar surface area (TPSA) is 61.8 Å². The fraction of sp³-hybridized carbons (Fsp3) is 0.500. The van der Waals surface area contributed by atoms with Crippen molar-refractivity contribution in [3.63, 3.8) is 0 Å². The molecule has 2 atom stereocenters. The summed E-state index contributed by atoms with van der Waals surface area (Å²) in [5.41, 5.74) is 0.580. The summed E-state index contributed by atoms with van der Waals surface area (Å²) < 4.78 is 4.86. The highest BCUT2D eigenvalue weighted by Crippen LogP contribution is 2.20. The summed E-state index contributed by atoms with van der Waals surface area (Å²) in [4.78, 5) is 13.9. The number of nitrogens with zero attached hydrogens (tertiary/aromatic N) is 1. The van der Waals surface area contributed by atoms with Gasteiger partial charge in [0.25, 0.3) is 0 Å². The number of nitrogens with one attached hydrogen (secondary N) is 1. The average molecular weight is 301 g/mol. The molecule has 0 saturated heterocycles. The predicted octanol–water partition coefficient (Wildman–Crippen LogP) is 1.61. The van der Waals surface area contributed by atoms with Gasteiger partial charge in [0.2, 0.25) is 5.91 Å². The van der Waals surface area contributed by atoms with Crippen molar-refractivity contribution in [3.05, 3.63) is 29.3 Å². The van der Waals surface area contributed by atoms with Crippen LogP contribution in [0.5, 0.6) is 0 Å². The van der Waals surface area contributed by atoms with Crippen molar-refractivity contribution in [1.29, 1.82) is 0 Å². The van der Waals surface area contributed by atoms with Crippen LogP contribution in [0, 0.1) is 0 Å². The van der Waals surface area contributed by atoms with Gasteiger partial charge in [0, 0.05) is 13.7 Å². The molecule has 1 amide bonds. The largest absolute Gasteiger partial charge is 0.389 e. The summed E-state index contributed by atoms with van der Waals surface area (Å²) in [6, 6.07) is 6.67. The molecule has 0 fully saturated rings. The molecule has 0 radical (unpaired) electrons. The number of aliphatic hydroxyl groups is 1. The molecule has 5 nitrogen and oxygen atoms in total. The highest BCUT2D eigenvalue weighted by atomic mass is 35.5. The molecule has 1 rings (SSSR count). The number of benzene rings is 1. The number of para-hydroxylation sites is 1. The second-order valence-corrected chi connectivity index (χ2v) is 5.10. The Bertz CT molecular complexity index is 442. The van der Waals surface area contributed by atoms with E-state index in [2.05, 4.69) is 5.32 Å². The maximum atomic E-state index is 12.1. The zero-order valence-electron chi connectivity index (χ0n) is 12.0. The van der Waals surface area contributed by atoms with E-state index < -0.39 is 12.1 Å². The van der Waals surface area contributed by atoms with Gasteiger partial charge in [0.15, 0.2) is 0 Å². The number of rotatable bonds is 7. The first kappa shape index (κ1) is 16.9. The molecule has 0 bridgehead atoms. The summed E-state index contributed by atoms with van der Waals surface area (Å²) in [5.74, 6) is -0.176. The molecule has 112 valence electrons. The van der Waals surface area contributed by atoms with Gasteiger partial charge in [-0.15, -0.1) is 0 Å². The molecule has 0 saturated carbocycles. The minimum Gasteiger partial charge on any atom is -0.389 e. The Labute approximate surface area is 124 Å². The van der Waals surface area contributed by atoms with Crippen LogP contribution in [0.2, 0.25) is 5.02 Å². The number of hydrogen-bond acceptors (Lipinski definition) is 4. The fourth-order valence-corrected chi connectivity index (χ4v) is 1.92. The van der Waals surface area contributed by atoms with Gasteiger partial charge in [-0.2, -0.15) is 0 Å². The summed E-state index contributed by atoms with van der Waals surface area (Å²) in [6.07, 6.45) is -0.624. The van der Waals surface area contributed by atoms with Crippen molar-refractivity contribution in [2.75, 3.05) is 32.6 Å². The Hall–Kier alpha value is -1.14. The lowest BCUT2D eigenvalue weighted by Crippen LogP contribution is -2.44. The number of methoxy groups -OCH3 is 1.